The molecule has 1 heterocycles. The molecule has 7 nitrogen and oxygen atoms in total. The molecule has 0 bridgehead atoms. The van der Waals surface area contributed by atoms with Gasteiger partial charge in [0.1, 0.15) is 5.52 Å². The van der Waals surface area contributed by atoms with Crippen molar-refractivity contribution in [2.24, 2.45) is 0 Å². The zero-order chi connectivity index (χ0) is 21.7. The highest BCUT2D eigenvalue weighted by atomic mass is 16.3. The number of anilines is 1. The maximum absolute atomic E-state index is 12.2. The van der Waals surface area contributed by atoms with Gasteiger partial charge in [0.25, 0.3) is 0 Å². The van der Waals surface area contributed by atoms with E-state index in [4.69, 9.17) is 4.42 Å². The summed E-state index contributed by atoms with van der Waals surface area (Å²) in [7, 11) is 1.72. The predicted octanol–water partition coefficient (Wildman–Crippen LogP) is 4.30. The summed E-state index contributed by atoms with van der Waals surface area (Å²) in [5.74, 6) is 0.475. The van der Waals surface area contributed by atoms with Crippen LogP contribution in [0.3, 0.4) is 0 Å². The third-order valence-electron chi connectivity index (χ3n) is 4.55. The number of amides is 3. The number of rotatable bonds is 6. The van der Waals surface area contributed by atoms with Crippen LogP contribution in [0, 0.1) is 0 Å². The Labute approximate surface area is 176 Å². The maximum atomic E-state index is 12.2. The first-order chi connectivity index (χ1) is 14.2. The van der Waals surface area contributed by atoms with Crippen LogP contribution in [0.4, 0.5) is 10.5 Å². The van der Waals surface area contributed by atoms with Crippen LogP contribution in [0.15, 0.2) is 52.9 Å². The Hall–Kier alpha value is -3.35. The van der Waals surface area contributed by atoms with Crippen LogP contribution in [-0.4, -0.2) is 35.4 Å². The first-order valence-electron chi connectivity index (χ1n) is 9.96. The Morgan fingerprint density at radius 3 is 2.53 bits per heavy atom. The number of oxazole rings is 1. The molecule has 2 N–H and O–H groups in total. The summed E-state index contributed by atoms with van der Waals surface area (Å²) in [6.45, 7) is 6.86. The van der Waals surface area contributed by atoms with Crippen LogP contribution < -0.4 is 10.6 Å². The molecule has 30 heavy (non-hydrogen) atoms. The summed E-state index contributed by atoms with van der Waals surface area (Å²) < 4.78 is 5.77. The van der Waals surface area contributed by atoms with E-state index in [2.05, 4.69) is 15.6 Å². The lowest BCUT2D eigenvalue weighted by Gasteiger charge is -2.18. The van der Waals surface area contributed by atoms with Crippen molar-refractivity contribution in [2.75, 3.05) is 18.9 Å². The minimum Gasteiger partial charge on any atom is -0.440 e. The average molecular weight is 409 g/mol. The number of nitrogens with one attached hydrogen (secondary N) is 2. The fraction of sp³-hybridized carbons (Fsp3) is 0.348. The molecule has 0 saturated carbocycles. The number of hydrogen-bond donors (Lipinski definition) is 2. The van der Waals surface area contributed by atoms with Crippen molar-refractivity contribution in [1.82, 2.24) is 15.2 Å². The van der Waals surface area contributed by atoms with Crippen LogP contribution in [-0.2, 0) is 16.8 Å². The number of carbonyl (C=O) groups is 2. The number of urea groups is 1. The van der Waals surface area contributed by atoms with Crippen molar-refractivity contribution >= 4 is 28.7 Å². The number of benzene rings is 2. The third-order valence-corrected chi connectivity index (χ3v) is 4.55. The van der Waals surface area contributed by atoms with Gasteiger partial charge in [0, 0.05) is 37.7 Å². The van der Waals surface area contributed by atoms with Gasteiger partial charge >= 0.3 is 6.03 Å². The quantitative estimate of drug-likeness (QED) is 0.637. The topological polar surface area (TPSA) is 87.5 Å². The Morgan fingerprint density at radius 1 is 1.10 bits per heavy atom. The smallest absolute Gasteiger partial charge is 0.317 e. The first kappa shape index (κ1) is 21.4. The molecule has 2 aromatic carbocycles. The van der Waals surface area contributed by atoms with E-state index in [9.17, 15) is 9.59 Å². The van der Waals surface area contributed by atoms with E-state index in [1.807, 2.05) is 51.1 Å². The van der Waals surface area contributed by atoms with Crippen molar-refractivity contribution in [3.8, 4) is 0 Å². The summed E-state index contributed by atoms with van der Waals surface area (Å²) in [6.07, 6.45) is 0.176. The lowest BCUT2D eigenvalue weighted by molar-refractivity contribution is -0.116. The number of aromatic nitrogens is 1. The molecule has 0 aliphatic rings. The summed E-state index contributed by atoms with van der Waals surface area (Å²) in [4.78, 5) is 30.5. The largest absolute Gasteiger partial charge is 0.440 e. The molecule has 0 aliphatic heterocycles. The van der Waals surface area contributed by atoms with Crippen LogP contribution >= 0.6 is 0 Å². The van der Waals surface area contributed by atoms with Gasteiger partial charge in [-0.25, -0.2) is 9.78 Å². The molecular weight excluding hydrogens is 380 g/mol. The van der Waals surface area contributed by atoms with Gasteiger partial charge in [-0.2, -0.15) is 0 Å². The standard InChI is InChI=1S/C23H28N4O3/c1-23(2,3)21-26-18-14-17(10-11-19(18)30-21)25-20(28)12-13-24-22(29)27(4)15-16-8-6-5-7-9-16/h5-11,14H,12-13,15H2,1-4H3,(H,24,29)(H,25,28). The van der Waals surface area contributed by atoms with Gasteiger partial charge < -0.3 is 20.0 Å². The van der Waals surface area contributed by atoms with Gasteiger partial charge in [0.2, 0.25) is 11.8 Å². The highest BCUT2D eigenvalue weighted by molar-refractivity contribution is 5.93. The van der Waals surface area contributed by atoms with Crippen LogP contribution in [0.1, 0.15) is 38.6 Å². The molecule has 0 saturated heterocycles. The van der Waals surface area contributed by atoms with E-state index >= 15 is 0 Å². The highest BCUT2D eigenvalue weighted by Crippen LogP contribution is 2.27. The minimum absolute atomic E-state index is 0.176. The molecule has 0 aliphatic carbocycles. The molecule has 0 atom stereocenters. The summed E-state index contributed by atoms with van der Waals surface area (Å²) in [6, 6.07) is 14.9. The van der Waals surface area contributed by atoms with Crippen LogP contribution in [0.2, 0.25) is 0 Å². The zero-order valence-electron chi connectivity index (χ0n) is 17.9. The Bertz CT molecular complexity index is 1020. The van der Waals surface area contributed by atoms with E-state index in [1.165, 1.54) is 0 Å². The van der Waals surface area contributed by atoms with Gasteiger partial charge in [-0.15, -0.1) is 0 Å². The van der Waals surface area contributed by atoms with Gasteiger partial charge in [0.15, 0.2) is 5.58 Å². The number of carbonyl (C=O) groups excluding carboxylic acids is 2. The second-order valence-corrected chi connectivity index (χ2v) is 8.32. The normalized spacial score (nSPS) is 11.3. The van der Waals surface area contributed by atoms with E-state index in [-0.39, 0.29) is 30.3 Å². The van der Waals surface area contributed by atoms with Crippen molar-refractivity contribution in [3.05, 3.63) is 60.0 Å². The number of hydrogen-bond acceptors (Lipinski definition) is 4. The SMILES string of the molecule is CN(Cc1ccccc1)C(=O)NCCC(=O)Nc1ccc2oc(C(C)(C)C)nc2c1. The molecule has 158 valence electrons. The molecule has 0 spiro atoms. The first-order valence-corrected chi connectivity index (χ1v) is 9.96. The molecule has 7 heteroatoms. The molecule has 3 aromatic rings. The molecule has 3 rings (SSSR count). The van der Waals surface area contributed by atoms with Crippen LogP contribution in [0.5, 0.6) is 0 Å². The summed E-state index contributed by atoms with van der Waals surface area (Å²) in [5.41, 5.74) is 2.90. The average Bonchev–Trinajstić information content (AvgIpc) is 3.12. The van der Waals surface area contributed by atoms with Crippen molar-refractivity contribution in [2.45, 2.75) is 39.2 Å². The predicted molar refractivity (Wildman–Crippen MR) is 117 cm³/mol. The Morgan fingerprint density at radius 2 is 1.83 bits per heavy atom. The molecule has 1 aromatic heterocycles. The minimum atomic E-state index is -0.217. The van der Waals surface area contributed by atoms with E-state index < -0.39 is 0 Å². The molecule has 3 amide bonds. The van der Waals surface area contributed by atoms with E-state index in [0.29, 0.717) is 29.2 Å². The van der Waals surface area contributed by atoms with E-state index in [0.717, 1.165) is 5.56 Å². The zero-order valence-corrected chi connectivity index (χ0v) is 17.9. The molecule has 0 unspecified atom stereocenters. The lowest BCUT2D eigenvalue weighted by Crippen LogP contribution is -2.38. The van der Waals surface area contributed by atoms with Crippen molar-refractivity contribution < 1.29 is 14.0 Å². The molecular formula is C23H28N4O3. The molecule has 0 radical (unpaired) electrons. The van der Waals surface area contributed by atoms with Crippen molar-refractivity contribution in [3.63, 3.8) is 0 Å². The summed E-state index contributed by atoms with van der Waals surface area (Å²) in [5, 5.41) is 5.61. The monoisotopic (exact) mass is 408 g/mol. The Kier molecular flexibility index (Phi) is 6.40. The van der Waals surface area contributed by atoms with Gasteiger partial charge in [-0.05, 0) is 23.8 Å². The number of fused-ring (bicyclic) bond motifs is 1. The van der Waals surface area contributed by atoms with Gasteiger partial charge in [-0.3, -0.25) is 4.79 Å². The maximum Gasteiger partial charge on any atom is 0.317 e. The van der Waals surface area contributed by atoms with Crippen molar-refractivity contribution in [1.29, 1.82) is 0 Å². The Balaban J connectivity index is 1.48. The highest BCUT2D eigenvalue weighted by Gasteiger charge is 2.21. The van der Waals surface area contributed by atoms with Gasteiger partial charge in [-0.1, -0.05) is 51.1 Å². The fourth-order valence-electron chi connectivity index (χ4n) is 2.90. The summed E-state index contributed by atoms with van der Waals surface area (Å²) >= 11 is 0. The third kappa shape index (κ3) is 5.59. The van der Waals surface area contributed by atoms with Crippen LogP contribution in [0.25, 0.3) is 11.1 Å². The molecule has 0 fully saturated rings. The second kappa shape index (κ2) is 8.98. The lowest BCUT2D eigenvalue weighted by atomic mass is 9.97. The second-order valence-electron chi connectivity index (χ2n) is 8.32. The van der Waals surface area contributed by atoms with Gasteiger partial charge in [0.05, 0.1) is 0 Å². The fourth-order valence-corrected chi connectivity index (χ4v) is 2.90. The number of nitrogens with zero attached hydrogens (tertiary/aromatic N) is 2. The van der Waals surface area contributed by atoms with E-state index in [1.54, 1.807) is 30.1 Å².